The average Bonchev–Trinajstić information content (AvgIpc) is 2.78. The van der Waals surface area contributed by atoms with E-state index in [0.29, 0.717) is 11.6 Å². The number of allylic oxidation sites excluding steroid dienone is 2. The van der Waals surface area contributed by atoms with Crippen molar-refractivity contribution in [2.24, 2.45) is 0 Å². The number of sulfone groups is 1. The Morgan fingerprint density at radius 1 is 1.10 bits per heavy atom. The molecule has 0 bridgehead atoms. The predicted molar refractivity (Wildman–Crippen MR) is 121 cm³/mol. The highest BCUT2D eigenvalue weighted by molar-refractivity contribution is 7.93. The molecule has 1 aliphatic carbocycles. The Bertz CT molecular complexity index is 1050. The second-order valence-corrected chi connectivity index (χ2v) is 9.53. The lowest BCUT2D eigenvalue weighted by atomic mass is 10.0. The predicted octanol–water partition coefficient (Wildman–Crippen LogP) is 3.25. The van der Waals surface area contributed by atoms with Crippen molar-refractivity contribution in [2.45, 2.75) is 29.3 Å². The van der Waals surface area contributed by atoms with Crippen LogP contribution in [0, 0.1) is 0 Å². The topological polar surface area (TPSA) is 84.5 Å². The van der Waals surface area contributed by atoms with Gasteiger partial charge in [-0.15, -0.1) is 0 Å². The SMILES string of the molecule is CCOC1(S(=O)(=O)c2ccc(Cl)cc2)C=CC=CC1NCC(=O)NCc1ccccc1. The van der Waals surface area contributed by atoms with Gasteiger partial charge in [-0.2, -0.15) is 0 Å². The second-order valence-electron chi connectivity index (χ2n) is 6.98. The molecule has 0 saturated heterocycles. The van der Waals surface area contributed by atoms with Gasteiger partial charge in [-0.25, -0.2) is 8.42 Å². The van der Waals surface area contributed by atoms with Crippen LogP contribution in [0.3, 0.4) is 0 Å². The van der Waals surface area contributed by atoms with Crippen molar-refractivity contribution < 1.29 is 17.9 Å². The first kappa shape index (κ1) is 23.2. The molecule has 2 atom stereocenters. The maximum atomic E-state index is 13.6. The van der Waals surface area contributed by atoms with Crippen molar-refractivity contribution in [2.75, 3.05) is 13.2 Å². The minimum absolute atomic E-state index is 0.0688. The normalized spacial score (nSPS) is 20.5. The molecule has 0 radical (unpaired) electrons. The summed E-state index contributed by atoms with van der Waals surface area (Å²) in [6, 6.07) is 14.7. The van der Waals surface area contributed by atoms with Gasteiger partial charge >= 0.3 is 0 Å². The summed E-state index contributed by atoms with van der Waals surface area (Å²) in [6.07, 6.45) is 6.57. The lowest BCUT2D eigenvalue weighted by molar-refractivity contribution is -0.120. The van der Waals surface area contributed by atoms with Crippen LogP contribution in [0.1, 0.15) is 12.5 Å². The molecule has 31 heavy (non-hydrogen) atoms. The minimum atomic E-state index is -3.97. The van der Waals surface area contributed by atoms with Gasteiger partial charge in [0.15, 0.2) is 0 Å². The molecule has 3 rings (SSSR count). The Morgan fingerprint density at radius 2 is 1.81 bits per heavy atom. The number of carbonyl (C=O) groups is 1. The minimum Gasteiger partial charge on any atom is -0.354 e. The highest BCUT2D eigenvalue weighted by Gasteiger charge is 2.50. The zero-order valence-electron chi connectivity index (χ0n) is 17.1. The number of carbonyl (C=O) groups excluding carboxylic acids is 1. The van der Waals surface area contributed by atoms with Crippen molar-refractivity contribution in [1.29, 1.82) is 0 Å². The van der Waals surface area contributed by atoms with E-state index in [-0.39, 0.29) is 24.0 Å². The van der Waals surface area contributed by atoms with Crippen LogP contribution in [0.2, 0.25) is 5.02 Å². The number of rotatable bonds is 9. The standard InChI is InChI=1S/C23H25ClN2O4S/c1-2-30-23(31(28,29)20-13-11-19(24)12-14-20)15-7-6-10-21(23)25-17-22(27)26-16-18-8-4-3-5-9-18/h3-15,21,25H,2,16-17H2,1H3,(H,26,27). The van der Waals surface area contributed by atoms with Crippen molar-refractivity contribution in [3.63, 3.8) is 0 Å². The van der Waals surface area contributed by atoms with Crippen molar-refractivity contribution >= 4 is 27.3 Å². The summed E-state index contributed by atoms with van der Waals surface area (Å²) < 4.78 is 33.0. The highest BCUT2D eigenvalue weighted by atomic mass is 35.5. The molecule has 8 heteroatoms. The van der Waals surface area contributed by atoms with Crippen LogP contribution in [0.4, 0.5) is 0 Å². The number of hydrogen-bond donors (Lipinski definition) is 2. The first-order chi connectivity index (χ1) is 14.9. The summed E-state index contributed by atoms with van der Waals surface area (Å²) in [7, 11) is -3.97. The van der Waals surface area contributed by atoms with Crippen LogP contribution < -0.4 is 10.6 Å². The molecule has 1 amide bonds. The van der Waals surface area contributed by atoms with Gasteiger partial charge in [-0.05, 0) is 42.8 Å². The van der Waals surface area contributed by atoms with Gasteiger partial charge in [-0.1, -0.05) is 60.2 Å². The Labute approximate surface area is 187 Å². The molecule has 0 aliphatic heterocycles. The van der Waals surface area contributed by atoms with E-state index >= 15 is 0 Å². The van der Waals surface area contributed by atoms with E-state index in [1.165, 1.54) is 30.3 Å². The Morgan fingerprint density at radius 3 is 2.48 bits per heavy atom. The third-order valence-electron chi connectivity index (χ3n) is 4.91. The van der Waals surface area contributed by atoms with Crippen LogP contribution >= 0.6 is 11.6 Å². The van der Waals surface area contributed by atoms with Crippen LogP contribution in [-0.4, -0.2) is 38.5 Å². The summed E-state index contributed by atoms with van der Waals surface area (Å²) in [5, 5.41) is 6.30. The molecule has 0 heterocycles. The molecule has 0 spiro atoms. The van der Waals surface area contributed by atoms with E-state index in [0.717, 1.165) is 5.56 Å². The molecule has 0 fully saturated rings. The maximum Gasteiger partial charge on any atom is 0.234 e. The first-order valence-electron chi connectivity index (χ1n) is 9.93. The number of nitrogens with one attached hydrogen (secondary N) is 2. The Balaban J connectivity index is 1.77. The molecule has 2 unspecified atom stereocenters. The summed E-state index contributed by atoms with van der Waals surface area (Å²) in [5.74, 6) is -0.249. The molecule has 0 saturated carbocycles. The fourth-order valence-electron chi connectivity index (χ4n) is 3.37. The number of ether oxygens (including phenoxy) is 1. The molecular weight excluding hydrogens is 436 g/mol. The van der Waals surface area contributed by atoms with E-state index in [2.05, 4.69) is 10.6 Å². The molecule has 1 aliphatic rings. The fourth-order valence-corrected chi connectivity index (χ4v) is 5.39. The smallest absolute Gasteiger partial charge is 0.234 e. The van der Waals surface area contributed by atoms with E-state index in [9.17, 15) is 13.2 Å². The molecule has 2 aromatic rings. The Kier molecular flexibility index (Phi) is 7.67. The number of halogens is 1. The lowest BCUT2D eigenvalue weighted by Crippen LogP contribution is -2.57. The van der Waals surface area contributed by atoms with Crippen LogP contribution in [0.5, 0.6) is 0 Å². The van der Waals surface area contributed by atoms with Crippen molar-refractivity contribution in [3.05, 3.63) is 89.5 Å². The average molecular weight is 461 g/mol. The molecule has 2 aromatic carbocycles. The summed E-state index contributed by atoms with van der Waals surface area (Å²) in [6.45, 7) is 2.22. The zero-order chi connectivity index (χ0) is 22.3. The molecule has 6 nitrogen and oxygen atoms in total. The van der Waals surface area contributed by atoms with Crippen LogP contribution in [0.15, 0.2) is 83.8 Å². The van der Waals surface area contributed by atoms with E-state index < -0.39 is 20.8 Å². The lowest BCUT2D eigenvalue weighted by Gasteiger charge is -2.38. The van der Waals surface area contributed by atoms with Gasteiger partial charge in [0.1, 0.15) is 0 Å². The number of amides is 1. The second kappa shape index (κ2) is 10.2. The zero-order valence-corrected chi connectivity index (χ0v) is 18.7. The molecular formula is C23H25ClN2O4S. The van der Waals surface area contributed by atoms with Gasteiger partial charge in [0.25, 0.3) is 0 Å². The Hall–Kier alpha value is -2.45. The summed E-state index contributed by atoms with van der Waals surface area (Å²) in [5.41, 5.74) is 0.977. The third kappa shape index (κ3) is 5.25. The van der Waals surface area contributed by atoms with Gasteiger partial charge < -0.3 is 10.1 Å². The van der Waals surface area contributed by atoms with Crippen molar-refractivity contribution in [3.8, 4) is 0 Å². The van der Waals surface area contributed by atoms with Gasteiger partial charge in [0.2, 0.25) is 20.7 Å². The highest BCUT2D eigenvalue weighted by Crippen LogP contribution is 2.35. The fraction of sp³-hybridized carbons (Fsp3) is 0.261. The largest absolute Gasteiger partial charge is 0.354 e. The van der Waals surface area contributed by atoms with Gasteiger partial charge in [0, 0.05) is 18.2 Å². The van der Waals surface area contributed by atoms with Gasteiger partial charge in [0.05, 0.1) is 17.5 Å². The van der Waals surface area contributed by atoms with E-state index in [1.807, 2.05) is 30.3 Å². The van der Waals surface area contributed by atoms with Crippen LogP contribution in [-0.2, 0) is 25.9 Å². The third-order valence-corrected chi connectivity index (χ3v) is 7.40. The van der Waals surface area contributed by atoms with Gasteiger partial charge in [-0.3, -0.25) is 10.1 Å². The number of hydrogen-bond acceptors (Lipinski definition) is 5. The van der Waals surface area contributed by atoms with E-state index in [4.69, 9.17) is 16.3 Å². The summed E-state index contributed by atoms with van der Waals surface area (Å²) in [4.78, 5) is 10.8. The molecule has 0 aromatic heterocycles. The molecule has 164 valence electrons. The molecule has 2 N–H and O–H groups in total. The maximum absolute atomic E-state index is 13.6. The summed E-state index contributed by atoms with van der Waals surface area (Å²) >= 11 is 5.92. The van der Waals surface area contributed by atoms with E-state index in [1.54, 1.807) is 25.2 Å². The van der Waals surface area contributed by atoms with Crippen molar-refractivity contribution in [1.82, 2.24) is 10.6 Å². The first-order valence-corrected chi connectivity index (χ1v) is 11.8. The monoisotopic (exact) mass is 460 g/mol. The number of benzene rings is 2. The quantitative estimate of drug-likeness (QED) is 0.600. The van der Waals surface area contributed by atoms with Crippen LogP contribution in [0.25, 0.3) is 0 Å².